The Morgan fingerprint density at radius 3 is 1.18 bits per heavy atom. The van der Waals surface area contributed by atoms with Crippen molar-refractivity contribution in [2.45, 2.75) is 261 Å². The van der Waals surface area contributed by atoms with Crippen LogP contribution in [0.1, 0.15) is 237 Å². The van der Waals surface area contributed by atoms with Crippen molar-refractivity contribution in [3.8, 4) is 0 Å². The normalized spacial score (nSPS) is 44.1. The van der Waals surface area contributed by atoms with Gasteiger partial charge in [0.1, 0.15) is 12.2 Å². The van der Waals surface area contributed by atoms with Crippen LogP contribution in [0, 0.1) is 92.7 Å². The van der Waals surface area contributed by atoms with E-state index in [1.54, 1.807) is 13.8 Å². The van der Waals surface area contributed by atoms with Crippen molar-refractivity contribution in [3.05, 3.63) is 0 Å². The molecule has 0 radical (unpaired) electrons. The van der Waals surface area contributed by atoms with Crippen LogP contribution in [0.5, 0.6) is 0 Å². The van der Waals surface area contributed by atoms with Crippen LogP contribution in [0.2, 0.25) is 0 Å². The summed E-state index contributed by atoms with van der Waals surface area (Å²) in [5.74, 6) is 3.55. The molecule has 0 aromatic heterocycles. The van der Waals surface area contributed by atoms with Gasteiger partial charge in [0.2, 0.25) is 23.4 Å². The fourth-order valence-electron chi connectivity index (χ4n) is 20.8. The second-order valence-electron chi connectivity index (χ2n) is 28.4. The molecule has 0 aromatic carbocycles. The molecule has 1 heterocycles. The molecule has 8 saturated carbocycles. The van der Waals surface area contributed by atoms with Gasteiger partial charge in [-0.25, -0.2) is 0 Å². The second-order valence-corrected chi connectivity index (χ2v) is 28.4. The molecule has 76 heavy (non-hydrogen) atoms. The molecule has 2 amide bonds. The summed E-state index contributed by atoms with van der Waals surface area (Å²) < 4.78 is 13.0. The van der Waals surface area contributed by atoms with E-state index in [0.717, 1.165) is 155 Å². The molecule has 0 N–H and O–H groups in total. The molecule has 9 rings (SSSR count). The second kappa shape index (κ2) is 22.9. The van der Waals surface area contributed by atoms with E-state index in [4.69, 9.17) is 29.0 Å². The molecular weight excluding hydrogens is 957 g/mol. The van der Waals surface area contributed by atoms with Crippen LogP contribution >= 0.6 is 0 Å². The molecule has 18 atom stereocenters. The fraction of sp³-hybridized carbons (Fsp3) is 0.938. The SMILES string of the molecule is CCCN(CCC)C(=O)CC[C@@H](C)[C@H]1CC[C@H]2[C@@H]3CC[C@@H]4CC5(CC[C@]4(C)[C@H]3C[C@H](OC(C)=O)[C@]12C)OOC1(CC[C@@]2(C)[C@H](CC[C@@H]3[C@@H]2C[C@H](OC(C)=O)[C@]2(C)[C@@H]([C@H](C)CCC(=O)N(CCC)CCC)CC[C@@H]32)C1)OO5. The molecule has 9 aliphatic rings. The number of amides is 2. The van der Waals surface area contributed by atoms with Crippen molar-refractivity contribution in [1.29, 1.82) is 0 Å². The summed E-state index contributed by atoms with van der Waals surface area (Å²) in [5.41, 5.74) is -0.147. The van der Waals surface area contributed by atoms with Crippen LogP contribution in [0.15, 0.2) is 0 Å². The predicted octanol–water partition coefficient (Wildman–Crippen LogP) is 13.8. The molecule has 2 spiro atoms. The number of esters is 2. The first-order chi connectivity index (χ1) is 36.2. The Morgan fingerprint density at radius 1 is 0.500 bits per heavy atom. The van der Waals surface area contributed by atoms with Crippen molar-refractivity contribution >= 4 is 23.8 Å². The number of carbonyl (C=O) groups is 4. The van der Waals surface area contributed by atoms with E-state index in [0.29, 0.717) is 96.7 Å². The summed E-state index contributed by atoms with van der Waals surface area (Å²) in [5, 5.41) is 0. The number of rotatable bonds is 18. The van der Waals surface area contributed by atoms with E-state index < -0.39 is 11.6 Å². The zero-order valence-corrected chi connectivity index (χ0v) is 49.9. The van der Waals surface area contributed by atoms with Crippen molar-refractivity contribution in [2.24, 2.45) is 92.7 Å². The first-order valence-corrected chi connectivity index (χ1v) is 31.8. The number of nitrogens with zero attached hydrogens (tertiary/aromatic N) is 2. The maximum atomic E-state index is 13.4. The van der Waals surface area contributed by atoms with E-state index >= 15 is 0 Å². The smallest absolute Gasteiger partial charge is 0.302 e. The summed E-state index contributed by atoms with van der Waals surface area (Å²) in [6.45, 7) is 29.8. The summed E-state index contributed by atoms with van der Waals surface area (Å²) in [7, 11) is 0. The van der Waals surface area contributed by atoms with Crippen molar-refractivity contribution in [2.75, 3.05) is 26.2 Å². The van der Waals surface area contributed by atoms with Crippen molar-refractivity contribution < 1.29 is 48.2 Å². The third-order valence-corrected chi connectivity index (χ3v) is 24.6. The Hall–Kier alpha value is -2.28. The highest BCUT2D eigenvalue weighted by atomic mass is 17.4. The van der Waals surface area contributed by atoms with Gasteiger partial charge in [0.05, 0.1) is 0 Å². The monoisotopic (exact) mass is 1060 g/mol. The Kier molecular flexibility index (Phi) is 17.6. The van der Waals surface area contributed by atoms with Gasteiger partial charge in [0, 0.05) is 89.4 Å². The Morgan fingerprint density at radius 2 is 0.855 bits per heavy atom. The van der Waals surface area contributed by atoms with Gasteiger partial charge in [0.25, 0.3) is 0 Å². The summed E-state index contributed by atoms with van der Waals surface area (Å²) in [6, 6.07) is 0. The first kappa shape index (κ1) is 58.4. The lowest BCUT2D eigenvalue weighted by Crippen LogP contribution is -2.63. The highest BCUT2D eigenvalue weighted by Gasteiger charge is 2.69. The van der Waals surface area contributed by atoms with Crippen LogP contribution in [-0.2, 0) is 48.2 Å². The summed E-state index contributed by atoms with van der Waals surface area (Å²) in [6.07, 6.45) is 22.2. The molecule has 1 aliphatic heterocycles. The molecule has 1 saturated heterocycles. The van der Waals surface area contributed by atoms with Crippen LogP contribution in [-0.4, -0.2) is 83.5 Å². The Bertz CT molecular complexity index is 1900. The van der Waals surface area contributed by atoms with E-state index in [1.807, 2.05) is 0 Å². The maximum Gasteiger partial charge on any atom is 0.302 e. The predicted molar refractivity (Wildman–Crippen MR) is 293 cm³/mol. The van der Waals surface area contributed by atoms with E-state index in [-0.39, 0.29) is 57.6 Å². The van der Waals surface area contributed by atoms with Gasteiger partial charge in [-0.2, -0.15) is 19.6 Å². The molecular formula is C64H106N2O10. The van der Waals surface area contributed by atoms with E-state index in [9.17, 15) is 19.2 Å². The van der Waals surface area contributed by atoms with Crippen LogP contribution in [0.4, 0.5) is 0 Å². The van der Waals surface area contributed by atoms with Gasteiger partial charge < -0.3 is 19.3 Å². The van der Waals surface area contributed by atoms with Gasteiger partial charge >= 0.3 is 11.9 Å². The minimum atomic E-state index is -0.951. The summed E-state index contributed by atoms with van der Waals surface area (Å²) >= 11 is 0. The third-order valence-electron chi connectivity index (χ3n) is 24.6. The lowest BCUT2D eigenvalue weighted by atomic mass is 9.43. The molecule has 0 unspecified atom stereocenters. The quantitative estimate of drug-likeness (QED) is 0.0966. The highest BCUT2D eigenvalue weighted by molar-refractivity contribution is 5.76. The highest BCUT2D eigenvalue weighted by Crippen LogP contribution is 2.72. The van der Waals surface area contributed by atoms with Crippen molar-refractivity contribution in [3.63, 3.8) is 0 Å². The molecule has 8 aliphatic carbocycles. The molecule has 12 nitrogen and oxygen atoms in total. The number of ether oxygens (including phenoxy) is 2. The van der Waals surface area contributed by atoms with E-state index in [2.05, 4.69) is 79.0 Å². The number of fused-ring (bicyclic) bond motifs is 10. The van der Waals surface area contributed by atoms with Gasteiger partial charge in [-0.1, -0.05) is 69.2 Å². The third kappa shape index (κ3) is 10.4. The lowest BCUT2D eigenvalue weighted by Gasteiger charge is -2.65. The van der Waals surface area contributed by atoms with Crippen molar-refractivity contribution in [1.82, 2.24) is 9.80 Å². The lowest BCUT2D eigenvalue weighted by molar-refractivity contribution is -0.667. The zero-order valence-electron chi connectivity index (χ0n) is 49.9. The van der Waals surface area contributed by atoms with Gasteiger partial charge in [-0.05, 0) is 197 Å². The molecule has 12 heteroatoms. The minimum absolute atomic E-state index is 0.0418. The zero-order chi connectivity index (χ0) is 54.6. The maximum absolute atomic E-state index is 13.4. The van der Waals surface area contributed by atoms with E-state index in [1.165, 1.54) is 0 Å². The fourth-order valence-corrected chi connectivity index (χ4v) is 20.8. The van der Waals surface area contributed by atoms with Crippen LogP contribution in [0.3, 0.4) is 0 Å². The van der Waals surface area contributed by atoms with Crippen LogP contribution in [0.25, 0.3) is 0 Å². The molecule has 432 valence electrons. The molecule has 0 aromatic rings. The van der Waals surface area contributed by atoms with Gasteiger partial charge in [0.15, 0.2) is 0 Å². The van der Waals surface area contributed by atoms with Crippen LogP contribution < -0.4 is 0 Å². The first-order valence-electron chi connectivity index (χ1n) is 31.8. The topological polar surface area (TPSA) is 130 Å². The minimum Gasteiger partial charge on any atom is -0.462 e. The Balaban J connectivity index is 0.830. The standard InChI is InChI=1S/C64H106N2O10/c1-13-33-65(34-14-2)57(69)27-17-41(5)49-23-25-51-47-21-19-45-39-63(31-29-59(45,9)53(47)37-55(61(49,51)11)71-43(7)67)73-75-64(76-74-63)32-30-60(10)46(40-64)20-22-48-52-26-24-50(62(52,12)56(38-54(48)60)72-44(8)68)42(6)18-28-58(70)66(35-15-3)36-16-4/h41-42,45-56H,13-40H2,1-12H3/t41-,42-,45-,46-,47+,48+,49-,50-,51+,52+,53+,54+,55+,56+,59+,60+,61-,62-,63?,64?/m1/s1. The average Bonchev–Trinajstić information content (AvgIpc) is 3.95. The number of hydrogen-bond acceptors (Lipinski definition) is 10. The van der Waals surface area contributed by atoms with Gasteiger partial charge in [-0.15, -0.1) is 0 Å². The molecule has 9 fully saturated rings. The molecule has 0 bridgehead atoms. The summed E-state index contributed by atoms with van der Waals surface area (Å²) in [4.78, 5) is 83.5. The average molecular weight is 1060 g/mol. The number of hydrogen-bond donors (Lipinski definition) is 0. The largest absolute Gasteiger partial charge is 0.462 e. The number of carbonyl (C=O) groups excluding carboxylic acids is 4. The van der Waals surface area contributed by atoms with Gasteiger partial charge in [-0.3, -0.25) is 19.2 Å². The Labute approximate surface area is 459 Å².